The summed E-state index contributed by atoms with van der Waals surface area (Å²) < 4.78 is 16.7. The molecule has 0 heterocycles. The van der Waals surface area contributed by atoms with Gasteiger partial charge in [0.2, 0.25) is 0 Å². The van der Waals surface area contributed by atoms with Crippen molar-refractivity contribution in [2.45, 2.75) is 245 Å². The molecule has 6 nitrogen and oxygen atoms in total. The van der Waals surface area contributed by atoms with Gasteiger partial charge in [0.15, 0.2) is 6.10 Å². The van der Waals surface area contributed by atoms with Gasteiger partial charge >= 0.3 is 17.9 Å². The van der Waals surface area contributed by atoms with E-state index in [4.69, 9.17) is 14.2 Å². The van der Waals surface area contributed by atoms with E-state index in [2.05, 4.69) is 93.7 Å². The first-order valence-electron chi connectivity index (χ1n) is 25.4. The van der Waals surface area contributed by atoms with Crippen molar-refractivity contribution in [1.82, 2.24) is 0 Å². The predicted octanol–water partition coefficient (Wildman–Crippen LogP) is 16.6. The number of ether oxygens (including phenoxy) is 3. The minimum Gasteiger partial charge on any atom is -0.462 e. The molecule has 350 valence electrons. The molecule has 0 N–H and O–H groups in total. The van der Waals surface area contributed by atoms with Crippen molar-refractivity contribution in [2.75, 3.05) is 13.2 Å². The number of allylic oxidation sites excluding steroid dienone is 12. The molecule has 1 atom stereocenters. The number of hydrogen-bond acceptors (Lipinski definition) is 6. The van der Waals surface area contributed by atoms with Crippen molar-refractivity contribution in [3.05, 3.63) is 72.9 Å². The van der Waals surface area contributed by atoms with Crippen LogP contribution in [-0.2, 0) is 28.6 Å². The normalized spacial score (nSPS) is 12.6. The molecule has 61 heavy (non-hydrogen) atoms. The number of carbonyl (C=O) groups excluding carboxylic acids is 3. The van der Waals surface area contributed by atoms with Crippen molar-refractivity contribution in [1.29, 1.82) is 0 Å². The Morgan fingerprint density at radius 1 is 0.344 bits per heavy atom. The minimum atomic E-state index is -0.780. The average Bonchev–Trinajstić information content (AvgIpc) is 3.26. The summed E-state index contributed by atoms with van der Waals surface area (Å²) in [6.07, 6.45) is 61.9. The lowest BCUT2D eigenvalue weighted by atomic mass is 10.1. The third-order valence-corrected chi connectivity index (χ3v) is 10.7. The molecule has 0 aliphatic heterocycles. The van der Waals surface area contributed by atoms with Crippen molar-refractivity contribution >= 4 is 17.9 Å². The van der Waals surface area contributed by atoms with Crippen molar-refractivity contribution in [2.24, 2.45) is 0 Å². The number of esters is 3. The molecule has 0 amide bonds. The van der Waals surface area contributed by atoms with Gasteiger partial charge in [0.1, 0.15) is 13.2 Å². The number of hydrogen-bond donors (Lipinski definition) is 0. The topological polar surface area (TPSA) is 78.9 Å². The summed E-state index contributed by atoms with van der Waals surface area (Å²) in [5, 5.41) is 0. The average molecular weight is 851 g/mol. The second-order valence-electron chi connectivity index (χ2n) is 16.7. The second-order valence-corrected chi connectivity index (χ2v) is 16.7. The predicted molar refractivity (Wildman–Crippen MR) is 261 cm³/mol. The van der Waals surface area contributed by atoms with Crippen LogP contribution < -0.4 is 0 Å². The summed E-state index contributed by atoms with van der Waals surface area (Å²) in [5.41, 5.74) is 0. The fourth-order valence-corrected chi connectivity index (χ4v) is 6.88. The Hall–Kier alpha value is -3.15. The van der Waals surface area contributed by atoms with Gasteiger partial charge in [-0.05, 0) is 83.5 Å². The summed E-state index contributed by atoms with van der Waals surface area (Å²) >= 11 is 0. The summed E-state index contributed by atoms with van der Waals surface area (Å²) in [6, 6.07) is 0. The van der Waals surface area contributed by atoms with Gasteiger partial charge in [0.25, 0.3) is 0 Å². The Labute approximate surface area is 376 Å². The lowest BCUT2D eigenvalue weighted by Gasteiger charge is -2.18. The first-order valence-corrected chi connectivity index (χ1v) is 25.4. The zero-order valence-electron chi connectivity index (χ0n) is 39.9. The third kappa shape index (κ3) is 47.7. The molecule has 0 aliphatic rings. The molecule has 0 bridgehead atoms. The molecule has 0 spiro atoms. The van der Waals surface area contributed by atoms with Crippen LogP contribution in [0.5, 0.6) is 0 Å². The fraction of sp³-hybridized carbons (Fsp3) is 0.727. The Morgan fingerprint density at radius 2 is 0.672 bits per heavy atom. The third-order valence-electron chi connectivity index (χ3n) is 10.7. The maximum absolute atomic E-state index is 12.7. The fourth-order valence-electron chi connectivity index (χ4n) is 6.88. The smallest absolute Gasteiger partial charge is 0.306 e. The maximum atomic E-state index is 12.7. The highest BCUT2D eigenvalue weighted by Gasteiger charge is 2.19. The SMILES string of the molecule is CC/C=C\C/C=C\C/C=C\C/C=C\CCCCCCCCCCCCC(=O)OCC(COC(=O)CCCCCCCCC)OC(=O)CCCCCCC/C=C\C/C=C\CCC. The van der Waals surface area contributed by atoms with Gasteiger partial charge in [0, 0.05) is 19.3 Å². The van der Waals surface area contributed by atoms with E-state index in [0.717, 1.165) is 116 Å². The molecule has 0 fully saturated rings. The highest BCUT2D eigenvalue weighted by Crippen LogP contribution is 2.14. The molecule has 0 aromatic heterocycles. The number of unbranched alkanes of at least 4 members (excludes halogenated alkanes) is 22. The molecule has 0 saturated heterocycles. The zero-order valence-corrected chi connectivity index (χ0v) is 39.9. The molecular weight excluding hydrogens is 757 g/mol. The van der Waals surface area contributed by atoms with E-state index >= 15 is 0 Å². The Morgan fingerprint density at radius 3 is 1.07 bits per heavy atom. The molecule has 6 heteroatoms. The number of carbonyl (C=O) groups is 3. The van der Waals surface area contributed by atoms with Gasteiger partial charge in [-0.1, -0.05) is 209 Å². The Bertz CT molecular complexity index is 1160. The van der Waals surface area contributed by atoms with Crippen LogP contribution in [0.25, 0.3) is 0 Å². The molecule has 0 aromatic rings. The Balaban J connectivity index is 4.21. The molecule has 0 saturated carbocycles. The standard InChI is InChI=1S/C55H94O6/c1-4-7-10-13-16-18-20-22-23-24-25-26-27-28-29-30-31-33-34-36-39-42-45-48-54(57)60-51-52(50-59-53(56)47-44-41-38-15-12-9-6-3)61-55(58)49-46-43-40-37-35-32-21-19-17-14-11-8-5-2/h7,10-11,14,16,18-19,21-23,25-26,52H,4-6,8-9,12-13,15,17,20,24,27-51H2,1-3H3/b10-7-,14-11-,18-16-,21-19-,23-22-,26-25-. The highest BCUT2D eigenvalue weighted by atomic mass is 16.6. The monoisotopic (exact) mass is 851 g/mol. The van der Waals surface area contributed by atoms with Crippen LogP contribution in [0, 0.1) is 0 Å². The van der Waals surface area contributed by atoms with Crippen LogP contribution in [0.1, 0.15) is 239 Å². The largest absolute Gasteiger partial charge is 0.462 e. The van der Waals surface area contributed by atoms with Gasteiger partial charge in [-0.25, -0.2) is 0 Å². The Kier molecular flexibility index (Phi) is 46.9. The molecule has 0 radical (unpaired) electrons. The molecule has 1 unspecified atom stereocenters. The van der Waals surface area contributed by atoms with E-state index in [-0.39, 0.29) is 31.1 Å². The van der Waals surface area contributed by atoms with Gasteiger partial charge in [-0.2, -0.15) is 0 Å². The molecule has 0 aromatic carbocycles. The highest BCUT2D eigenvalue weighted by molar-refractivity contribution is 5.71. The van der Waals surface area contributed by atoms with E-state index in [0.29, 0.717) is 19.3 Å². The minimum absolute atomic E-state index is 0.0818. The summed E-state index contributed by atoms with van der Waals surface area (Å²) in [5.74, 6) is -0.907. The van der Waals surface area contributed by atoms with Crippen molar-refractivity contribution in [3.63, 3.8) is 0 Å². The van der Waals surface area contributed by atoms with E-state index in [9.17, 15) is 14.4 Å². The van der Waals surface area contributed by atoms with Crippen LogP contribution in [0.15, 0.2) is 72.9 Å². The lowest BCUT2D eigenvalue weighted by Crippen LogP contribution is -2.30. The van der Waals surface area contributed by atoms with Crippen LogP contribution >= 0.6 is 0 Å². The van der Waals surface area contributed by atoms with Gasteiger partial charge in [-0.3, -0.25) is 14.4 Å². The van der Waals surface area contributed by atoms with Crippen LogP contribution in [0.4, 0.5) is 0 Å². The van der Waals surface area contributed by atoms with Crippen LogP contribution in [0.2, 0.25) is 0 Å². The lowest BCUT2D eigenvalue weighted by molar-refractivity contribution is -0.167. The van der Waals surface area contributed by atoms with Gasteiger partial charge in [-0.15, -0.1) is 0 Å². The van der Waals surface area contributed by atoms with Gasteiger partial charge in [0.05, 0.1) is 0 Å². The molecule has 0 aliphatic carbocycles. The van der Waals surface area contributed by atoms with Crippen molar-refractivity contribution in [3.8, 4) is 0 Å². The second kappa shape index (κ2) is 49.5. The van der Waals surface area contributed by atoms with Crippen LogP contribution in [-0.4, -0.2) is 37.2 Å². The van der Waals surface area contributed by atoms with E-state index < -0.39 is 6.10 Å². The quantitative estimate of drug-likeness (QED) is 0.0263. The maximum Gasteiger partial charge on any atom is 0.306 e. The van der Waals surface area contributed by atoms with Crippen LogP contribution in [0.3, 0.4) is 0 Å². The van der Waals surface area contributed by atoms with E-state index in [1.165, 1.54) is 83.5 Å². The summed E-state index contributed by atoms with van der Waals surface area (Å²) in [4.78, 5) is 37.8. The summed E-state index contributed by atoms with van der Waals surface area (Å²) in [6.45, 7) is 6.40. The van der Waals surface area contributed by atoms with E-state index in [1.807, 2.05) is 0 Å². The van der Waals surface area contributed by atoms with Gasteiger partial charge < -0.3 is 14.2 Å². The summed E-state index contributed by atoms with van der Waals surface area (Å²) in [7, 11) is 0. The first kappa shape index (κ1) is 57.9. The zero-order chi connectivity index (χ0) is 44.4. The number of rotatable bonds is 45. The molecular formula is C55H94O6. The first-order chi connectivity index (χ1) is 30.0. The molecule has 0 rings (SSSR count). The van der Waals surface area contributed by atoms with Crippen molar-refractivity contribution < 1.29 is 28.6 Å². The van der Waals surface area contributed by atoms with E-state index in [1.54, 1.807) is 0 Å².